The molecule has 1 amide bonds. The number of aliphatic hydroxyl groups excluding tert-OH is 1. The van der Waals surface area contributed by atoms with Crippen LogP contribution in [0.2, 0.25) is 0 Å². The largest absolute Gasteiger partial charge is 0.435 e. The molecular formula is C14H17F2NO3. The van der Waals surface area contributed by atoms with E-state index < -0.39 is 6.61 Å². The molecule has 0 aromatic heterocycles. The highest BCUT2D eigenvalue weighted by Crippen LogP contribution is 2.22. The van der Waals surface area contributed by atoms with Gasteiger partial charge in [-0.15, -0.1) is 0 Å². The number of carbonyl (C=O) groups is 1. The number of halogens is 2. The average Bonchev–Trinajstić information content (AvgIpc) is 2.46. The van der Waals surface area contributed by atoms with E-state index in [1.165, 1.54) is 18.2 Å². The lowest BCUT2D eigenvalue weighted by atomic mass is 10.0. The molecule has 1 saturated heterocycles. The molecule has 0 saturated carbocycles. The second kappa shape index (κ2) is 6.65. The number of benzene rings is 1. The van der Waals surface area contributed by atoms with Crippen molar-refractivity contribution in [2.24, 2.45) is 0 Å². The Bertz CT molecular complexity index is 467. The standard InChI is InChI=1S/C14H17F2NO3/c15-14(16)20-12-6-3-4-10(8-12)13(19)17-7-2-1-5-11(17)9-18/h3-4,6,8,11,14,18H,1-2,5,7,9H2. The van der Waals surface area contributed by atoms with E-state index in [4.69, 9.17) is 0 Å². The molecule has 2 rings (SSSR count). The number of ether oxygens (including phenoxy) is 1. The van der Waals surface area contributed by atoms with Crippen molar-refractivity contribution in [3.05, 3.63) is 29.8 Å². The Morgan fingerprint density at radius 3 is 2.95 bits per heavy atom. The van der Waals surface area contributed by atoms with E-state index in [9.17, 15) is 18.7 Å². The Morgan fingerprint density at radius 1 is 1.45 bits per heavy atom. The number of rotatable bonds is 4. The summed E-state index contributed by atoms with van der Waals surface area (Å²) in [6, 6.07) is 5.54. The Hall–Kier alpha value is -1.69. The van der Waals surface area contributed by atoms with Crippen molar-refractivity contribution in [3.63, 3.8) is 0 Å². The number of carbonyl (C=O) groups excluding carboxylic acids is 1. The first-order chi connectivity index (χ1) is 9.61. The van der Waals surface area contributed by atoms with E-state index in [-0.39, 0.29) is 24.3 Å². The molecule has 1 unspecified atom stereocenters. The van der Waals surface area contributed by atoms with Crippen molar-refractivity contribution in [1.29, 1.82) is 0 Å². The number of alkyl halides is 2. The zero-order chi connectivity index (χ0) is 14.5. The molecule has 1 fully saturated rings. The van der Waals surface area contributed by atoms with Crippen LogP contribution in [0, 0.1) is 0 Å². The molecule has 1 aliphatic heterocycles. The molecule has 0 radical (unpaired) electrons. The number of amides is 1. The molecule has 1 aliphatic rings. The molecule has 1 heterocycles. The molecule has 110 valence electrons. The van der Waals surface area contributed by atoms with Crippen LogP contribution in [0.3, 0.4) is 0 Å². The van der Waals surface area contributed by atoms with Gasteiger partial charge in [0, 0.05) is 12.1 Å². The highest BCUT2D eigenvalue weighted by Gasteiger charge is 2.27. The maximum absolute atomic E-state index is 12.4. The van der Waals surface area contributed by atoms with Crippen molar-refractivity contribution < 1.29 is 23.4 Å². The fraction of sp³-hybridized carbons (Fsp3) is 0.500. The number of aliphatic hydroxyl groups is 1. The van der Waals surface area contributed by atoms with Crippen LogP contribution in [-0.2, 0) is 0 Å². The number of likely N-dealkylation sites (tertiary alicyclic amines) is 1. The monoisotopic (exact) mass is 285 g/mol. The predicted octanol–water partition coefficient (Wildman–Crippen LogP) is 2.28. The Labute approximate surface area is 116 Å². The molecule has 6 heteroatoms. The van der Waals surface area contributed by atoms with Crippen LogP contribution in [0.5, 0.6) is 5.75 Å². The Kier molecular flexibility index (Phi) is 4.89. The summed E-state index contributed by atoms with van der Waals surface area (Å²) in [7, 11) is 0. The third-order valence-corrected chi connectivity index (χ3v) is 3.40. The van der Waals surface area contributed by atoms with Crippen LogP contribution in [-0.4, -0.2) is 41.7 Å². The molecule has 1 atom stereocenters. The van der Waals surface area contributed by atoms with E-state index in [1.54, 1.807) is 11.0 Å². The van der Waals surface area contributed by atoms with Crippen LogP contribution >= 0.6 is 0 Å². The lowest BCUT2D eigenvalue weighted by molar-refractivity contribution is -0.0499. The van der Waals surface area contributed by atoms with Gasteiger partial charge in [0.15, 0.2) is 0 Å². The van der Waals surface area contributed by atoms with E-state index in [1.807, 2.05) is 0 Å². The molecule has 20 heavy (non-hydrogen) atoms. The Balaban J connectivity index is 2.15. The SMILES string of the molecule is O=C(c1cccc(OC(F)F)c1)N1CCCCC1CO. The molecule has 1 N–H and O–H groups in total. The second-order valence-corrected chi connectivity index (χ2v) is 4.74. The normalized spacial score (nSPS) is 19.2. The first kappa shape index (κ1) is 14.7. The predicted molar refractivity (Wildman–Crippen MR) is 68.8 cm³/mol. The van der Waals surface area contributed by atoms with Gasteiger partial charge in [0.2, 0.25) is 0 Å². The minimum absolute atomic E-state index is 0.0385. The van der Waals surface area contributed by atoms with Crippen molar-refractivity contribution in [3.8, 4) is 5.75 Å². The van der Waals surface area contributed by atoms with Gasteiger partial charge in [-0.1, -0.05) is 6.07 Å². The summed E-state index contributed by atoms with van der Waals surface area (Å²) >= 11 is 0. The Morgan fingerprint density at radius 2 is 2.25 bits per heavy atom. The van der Waals surface area contributed by atoms with Gasteiger partial charge in [-0.05, 0) is 37.5 Å². The lowest BCUT2D eigenvalue weighted by Gasteiger charge is -2.34. The number of hydrogen-bond donors (Lipinski definition) is 1. The summed E-state index contributed by atoms with van der Waals surface area (Å²) in [5, 5.41) is 9.31. The smallest absolute Gasteiger partial charge is 0.387 e. The summed E-state index contributed by atoms with van der Waals surface area (Å²) in [5.41, 5.74) is 0.295. The highest BCUT2D eigenvalue weighted by atomic mass is 19.3. The third kappa shape index (κ3) is 3.45. The number of nitrogens with zero attached hydrogens (tertiary/aromatic N) is 1. The number of piperidine rings is 1. The molecule has 0 bridgehead atoms. The maximum atomic E-state index is 12.4. The topological polar surface area (TPSA) is 49.8 Å². The van der Waals surface area contributed by atoms with Gasteiger partial charge in [-0.25, -0.2) is 0 Å². The fourth-order valence-corrected chi connectivity index (χ4v) is 2.43. The average molecular weight is 285 g/mol. The molecule has 1 aromatic carbocycles. The van der Waals surface area contributed by atoms with Crippen molar-refractivity contribution in [2.45, 2.75) is 31.9 Å². The number of hydrogen-bond acceptors (Lipinski definition) is 3. The maximum Gasteiger partial charge on any atom is 0.387 e. The third-order valence-electron chi connectivity index (χ3n) is 3.40. The van der Waals surface area contributed by atoms with Gasteiger partial charge in [-0.3, -0.25) is 4.79 Å². The van der Waals surface area contributed by atoms with Gasteiger partial charge in [0.05, 0.1) is 12.6 Å². The van der Waals surface area contributed by atoms with Crippen LogP contribution in [0.15, 0.2) is 24.3 Å². The second-order valence-electron chi connectivity index (χ2n) is 4.74. The summed E-state index contributed by atoms with van der Waals surface area (Å²) < 4.78 is 28.6. The van der Waals surface area contributed by atoms with Crippen molar-refractivity contribution in [2.75, 3.05) is 13.2 Å². The molecule has 4 nitrogen and oxygen atoms in total. The van der Waals surface area contributed by atoms with Gasteiger partial charge in [0.25, 0.3) is 5.91 Å². The van der Waals surface area contributed by atoms with E-state index in [0.717, 1.165) is 19.3 Å². The van der Waals surface area contributed by atoms with E-state index in [0.29, 0.717) is 12.1 Å². The first-order valence-electron chi connectivity index (χ1n) is 6.58. The molecular weight excluding hydrogens is 268 g/mol. The van der Waals surface area contributed by atoms with Crippen LogP contribution in [0.25, 0.3) is 0 Å². The van der Waals surface area contributed by atoms with Crippen molar-refractivity contribution in [1.82, 2.24) is 4.90 Å². The summed E-state index contributed by atoms with van der Waals surface area (Å²) in [5.74, 6) is -0.299. The van der Waals surface area contributed by atoms with Crippen LogP contribution in [0.4, 0.5) is 8.78 Å². The highest BCUT2D eigenvalue weighted by molar-refractivity contribution is 5.94. The quantitative estimate of drug-likeness (QED) is 0.923. The first-order valence-corrected chi connectivity index (χ1v) is 6.58. The van der Waals surface area contributed by atoms with Gasteiger partial charge in [0.1, 0.15) is 5.75 Å². The zero-order valence-corrected chi connectivity index (χ0v) is 11.0. The summed E-state index contributed by atoms with van der Waals surface area (Å²) in [6.45, 7) is -2.43. The summed E-state index contributed by atoms with van der Waals surface area (Å²) in [4.78, 5) is 14.0. The molecule has 1 aromatic rings. The van der Waals surface area contributed by atoms with E-state index >= 15 is 0 Å². The molecule has 0 aliphatic carbocycles. The minimum atomic E-state index is -2.92. The van der Waals surface area contributed by atoms with E-state index in [2.05, 4.69) is 4.74 Å². The van der Waals surface area contributed by atoms with Gasteiger partial charge < -0.3 is 14.7 Å². The van der Waals surface area contributed by atoms with Gasteiger partial charge >= 0.3 is 6.61 Å². The van der Waals surface area contributed by atoms with Crippen molar-refractivity contribution >= 4 is 5.91 Å². The minimum Gasteiger partial charge on any atom is -0.435 e. The summed E-state index contributed by atoms with van der Waals surface area (Å²) in [6.07, 6.45) is 2.62. The lowest BCUT2D eigenvalue weighted by Crippen LogP contribution is -2.45. The molecule has 0 spiro atoms. The fourth-order valence-electron chi connectivity index (χ4n) is 2.43. The van der Waals surface area contributed by atoms with Crippen LogP contribution in [0.1, 0.15) is 29.6 Å². The van der Waals surface area contributed by atoms with Crippen LogP contribution < -0.4 is 4.74 Å². The van der Waals surface area contributed by atoms with Gasteiger partial charge in [-0.2, -0.15) is 8.78 Å². The zero-order valence-electron chi connectivity index (χ0n) is 11.0.